The van der Waals surface area contributed by atoms with Crippen molar-refractivity contribution in [1.82, 2.24) is 0 Å². The third kappa shape index (κ3) is 5.69. The topological polar surface area (TPSA) is 71.1 Å². The predicted octanol–water partition coefficient (Wildman–Crippen LogP) is 3.80. The maximum Gasteiger partial charge on any atom is 0.334 e. The zero-order chi connectivity index (χ0) is 18.3. The second-order valence-corrected chi connectivity index (χ2v) is 7.90. The summed E-state index contributed by atoms with van der Waals surface area (Å²) >= 11 is 0. The minimum Gasteiger partial charge on any atom is -0.350 e. The van der Waals surface area contributed by atoms with Crippen LogP contribution in [0.2, 0.25) is 0 Å². The summed E-state index contributed by atoms with van der Waals surface area (Å²) in [4.78, 5) is 12.6. The molecule has 140 valence electrons. The molecule has 1 heterocycles. The fraction of sp³-hybridized carbons (Fsp3) is 0.588. The van der Waals surface area contributed by atoms with Crippen molar-refractivity contribution in [2.75, 3.05) is 26.4 Å². The zero-order valence-corrected chi connectivity index (χ0v) is 15.4. The number of Topliss-reactive ketones (excluding diaryl/α,β-unsaturated/α-hetero) is 1. The number of benzene rings is 1. The van der Waals surface area contributed by atoms with Crippen molar-refractivity contribution in [2.45, 2.75) is 38.6 Å². The van der Waals surface area contributed by atoms with E-state index in [4.69, 9.17) is 18.5 Å². The molecule has 1 aliphatic heterocycles. The monoisotopic (exact) mass is 374 g/mol. The maximum atomic E-state index is 13.2. The van der Waals surface area contributed by atoms with Gasteiger partial charge in [0.15, 0.2) is 12.1 Å². The molecule has 0 radical (unpaired) electrons. The summed E-state index contributed by atoms with van der Waals surface area (Å²) in [6, 6.07) is 5.25. The first-order valence-electron chi connectivity index (χ1n) is 8.39. The molecule has 0 aromatic heterocycles. The van der Waals surface area contributed by atoms with E-state index in [9.17, 15) is 13.8 Å². The van der Waals surface area contributed by atoms with E-state index in [1.165, 1.54) is 24.3 Å². The molecule has 8 heteroatoms. The van der Waals surface area contributed by atoms with Gasteiger partial charge in [-0.1, -0.05) is 0 Å². The molecule has 1 fully saturated rings. The molecule has 1 saturated heterocycles. The Labute approximate surface area is 147 Å². The van der Waals surface area contributed by atoms with Gasteiger partial charge in [-0.25, -0.2) is 4.39 Å². The van der Waals surface area contributed by atoms with Crippen molar-refractivity contribution in [3.05, 3.63) is 35.6 Å². The van der Waals surface area contributed by atoms with Gasteiger partial charge in [-0.3, -0.25) is 9.36 Å². The summed E-state index contributed by atoms with van der Waals surface area (Å²) in [6.45, 7) is 4.74. The van der Waals surface area contributed by atoms with E-state index in [0.717, 1.165) is 0 Å². The van der Waals surface area contributed by atoms with E-state index in [-0.39, 0.29) is 31.8 Å². The Hall–Kier alpha value is -1.11. The molecule has 6 nitrogen and oxygen atoms in total. The van der Waals surface area contributed by atoms with Gasteiger partial charge in [0.05, 0.1) is 32.1 Å². The molecule has 0 amide bonds. The largest absolute Gasteiger partial charge is 0.350 e. The van der Waals surface area contributed by atoms with E-state index < -0.39 is 25.4 Å². The van der Waals surface area contributed by atoms with Gasteiger partial charge in [-0.05, 0) is 38.1 Å². The lowest BCUT2D eigenvalue weighted by Crippen LogP contribution is -2.24. The number of halogens is 1. The van der Waals surface area contributed by atoms with E-state index in [0.29, 0.717) is 18.8 Å². The van der Waals surface area contributed by atoms with Gasteiger partial charge < -0.3 is 18.5 Å². The minimum atomic E-state index is -3.52. The first-order valence-corrected chi connectivity index (χ1v) is 10.0. The van der Waals surface area contributed by atoms with Gasteiger partial charge in [0.2, 0.25) is 0 Å². The Morgan fingerprint density at radius 1 is 1.20 bits per heavy atom. The highest BCUT2D eigenvalue weighted by Gasteiger charge is 2.39. The molecule has 1 aromatic carbocycles. The number of ether oxygens (including phenoxy) is 2. The van der Waals surface area contributed by atoms with Crippen molar-refractivity contribution in [3.63, 3.8) is 0 Å². The number of carbonyl (C=O) groups is 1. The van der Waals surface area contributed by atoms with Crippen LogP contribution in [0.3, 0.4) is 0 Å². The second-order valence-electron chi connectivity index (χ2n) is 5.57. The van der Waals surface area contributed by atoms with E-state index in [1.807, 2.05) is 0 Å². The van der Waals surface area contributed by atoms with Crippen LogP contribution in [0, 0.1) is 5.82 Å². The van der Waals surface area contributed by atoms with Crippen LogP contribution in [0.1, 0.15) is 37.0 Å². The standard InChI is InChI=1S/C17H24FO6P/c1-3-23-25(20,24-4-2)15(12-17-21-9-10-22-17)11-16(19)13-5-7-14(18)8-6-13/h5-8,15,17H,3-4,9-12H2,1-2H3. The fourth-order valence-corrected chi connectivity index (χ4v) is 4.70. The van der Waals surface area contributed by atoms with Crippen molar-refractivity contribution in [2.24, 2.45) is 0 Å². The lowest BCUT2D eigenvalue weighted by atomic mass is 10.0. The van der Waals surface area contributed by atoms with Crippen LogP contribution in [0.5, 0.6) is 0 Å². The first kappa shape index (κ1) is 20.2. The molecule has 0 bridgehead atoms. The highest BCUT2D eigenvalue weighted by Crippen LogP contribution is 2.56. The smallest absolute Gasteiger partial charge is 0.334 e. The van der Waals surface area contributed by atoms with Gasteiger partial charge in [0.25, 0.3) is 0 Å². The van der Waals surface area contributed by atoms with Crippen LogP contribution in [0.4, 0.5) is 4.39 Å². The van der Waals surface area contributed by atoms with Crippen LogP contribution < -0.4 is 0 Å². The highest BCUT2D eigenvalue weighted by atomic mass is 31.2. The molecule has 0 N–H and O–H groups in total. The van der Waals surface area contributed by atoms with Gasteiger partial charge in [0.1, 0.15) is 5.82 Å². The molecule has 1 unspecified atom stereocenters. The Morgan fingerprint density at radius 2 is 1.76 bits per heavy atom. The van der Waals surface area contributed by atoms with Crippen molar-refractivity contribution >= 4 is 13.4 Å². The van der Waals surface area contributed by atoms with Gasteiger partial charge in [-0.2, -0.15) is 0 Å². The van der Waals surface area contributed by atoms with E-state index >= 15 is 0 Å². The van der Waals surface area contributed by atoms with Crippen LogP contribution in [-0.4, -0.2) is 44.2 Å². The third-order valence-corrected chi connectivity index (χ3v) is 6.33. The minimum absolute atomic E-state index is 0.0634. The molecule has 0 aliphatic carbocycles. The molecule has 1 atom stereocenters. The normalized spacial score (nSPS) is 16.9. The maximum absolute atomic E-state index is 13.2. The Kier molecular flexibility index (Phi) is 7.72. The Balaban J connectivity index is 2.18. The summed E-state index contributed by atoms with van der Waals surface area (Å²) in [5.41, 5.74) is -0.354. The van der Waals surface area contributed by atoms with Gasteiger partial charge in [0, 0.05) is 18.4 Å². The lowest BCUT2D eigenvalue weighted by molar-refractivity contribution is -0.0483. The van der Waals surface area contributed by atoms with Crippen LogP contribution in [-0.2, 0) is 23.1 Å². The molecule has 1 aliphatic rings. The molecule has 25 heavy (non-hydrogen) atoms. The van der Waals surface area contributed by atoms with Crippen molar-refractivity contribution < 1.29 is 32.3 Å². The summed E-state index contributed by atoms with van der Waals surface area (Å²) in [7, 11) is -3.52. The van der Waals surface area contributed by atoms with Crippen molar-refractivity contribution in [3.8, 4) is 0 Å². The average molecular weight is 374 g/mol. The molecule has 1 aromatic rings. The van der Waals surface area contributed by atoms with Crippen LogP contribution >= 0.6 is 7.60 Å². The summed E-state index contributed by atoms with van der Waals surface area (Å²) < 4.78 is 47.9. The molecular weight excluding hydrogens is 350 g/mol. The zero-order valence-electron chi connectivity index (χ0n) is 14.5. The number of carbonyl (C=O) groups excluding carboxylic acids is 1. The predicted molar refractivity (Wildman–Crippen MR) is 90.3 cm³/mol. The fourth-order valence-electron chi connectivity index (χ4n) is 2.67. The summed E-state index contributed by atoms with van der Waals surface area (Å²) in [5, 5.41) is 0. The third-order valence-electron chi connectivity index (χ3n) is 3.81. The Morgan fingerprint density at radius 3 is 2.28 bits per heavy atom. The molecular formula is C17H24FO6P. The number of hydrogen-bond acceptors (Lipinski definition) is 6. The second kappa shape index (κ2) is 9.55. The van der Waals surface area contributed by atoms with Gasteiger partial charge in [-0.15, -0.1) is 0 Å². The number of hydrogen-bond donors (Lipinski definition) is 0. The lowest BCUT2D eigenvalue weighted by Gasteiger charge is -2.27. The quantitative estimate of drug-likeness (QED) is 0.458. The highest BCUT2D eigenvalue weighted by molar-refractivity contribution is 7.54. The van der Waals surface area contributed by atoms with Crippen LogP contribution in [0.15, 0.2) is 24.3 Å². The SMILES string of the molecule is CCOP(=O)(OCC)C(CC(=O)c1ccc(F)cc1)CC1OCCO1. The average Bonchev–Trinajstić information content (AvgIpc) is 3.08. The van der Waals surface area contributed by atoms with Crippen molar-refractivity contribution in [1.29, 1.82) is 0 Å². The summed E-state index contributed by atoms with van der Waals surface area (Å²) in [6.07, 6.45) is -0.378. The van der Waals surface area contributed by atoms with Crippen LogP contribution in [0.25, 0.3) is 0 Å². The Bertz CT molecular complexity index is 590. The first-order chi connectivity index (χ1) is 12.0. The molecule has 2 rings (SSSR count). The summed E-state index contributed by atoms with van der Waals surface area (Å²) in [5.74, 6) is -0.683. The van der Waals surface area contributed by atoms with E-state index in [1.54, 1.807) is 13.8 Å². The number of rotatable bonds is 10. The molecule has 0 saturated carbocycles. The number of ketones is 1. The van der Waals surface area contributed by atoms with E-state index in [2.05, 4.69) is 0 Å². The van der Waals surface area contributed by atoms with Gasteiger partial charge >= 0.3 is 7.60 Å². The molecule has 0 spiro atoms.